The van der Waals surface area contributed by atoms with Crippen LogP contribution in [0, 0.1) is 6.92 Å². The predicted molar refractivity (Wildman–Crippen MR) is 113 cm³/mol. The summed E-state index contributed by atoms with van der Waals surface area (Å²) >= 11 is 0. The molecule has 132 valence electrons. The van der Waals surface area contributed by atoms with Crippen molar-refractivity contribution in [3.8, 4) is 0 Å². The molecule has 0 saturated carbocycles. The molecule has 0 aliphatic carbocycles. The third kappa shape index (κ3) is 5.81. The van der Waals surface area contributed by atoms with E-state index in [2.05, 4.69) is 62.5 Å². The van der Waals surface area contributed by atoms with Gasteiger partial charge in [-0.1, -0.05) is 24.3 Å². The number of imidazole rings is 1. The number of benzene rings is 1. The second-order valence-electron chi connectivity index (χ2n) is 5.44. The van der Waals surface area contributed by atoms with Crippen molar-refractivity contribution in [2.45, 2.75) is 33.2 Å². The summed E-state index contributed by atoms with van der Waals surface area (Å²) in [6.07, 6.45) is 6.25. The third-order valence-electron chi connectivity index (χ3n) is 3.76. The minimum atomic E-state index is 0. The molecule has 0 fully saturated rings. The zero-order chi connectivity index (χ0) is 16.5. The number of aliphatic imine (C=N–C) groups is 1. The Bertz CT molecular complexity index is 675. The summed E-state index contributed by atoms with van der Waals surface area (Å²) in [4.78, 5) is 8.84. The van der Waals surface area contributed by atoms with Gasteiger partial charge in [0, 0.05) is 26.7 Å². The van der Waals surface area contributed by atoms with Crippen LogP contribution in [0.4, 0.5) is 0 Å². The minimum absolute atomic E-state index is 0. The van der Waals surface area contributed by atoms with Gasteiger partial charge < -0.3 is 15.2 Å². The largest absolute Gasteiger partial charge is 0.356 e. The molecule has 0 aliphatic heterocycles. The van der Waals surface area contributed by atoms with E-state index in [4.69, 9.17) is 0 Å². The smallest absolute Gasteiger partial charge is 0.190 e. The topological polar surface area (TPSA) is 54.2 Å². The highest BCUT2D eigenvalue weighted by Crippen LogP contribution is 2.15. The van der Waals surface area contributed by atoms with Gasteiger partial charge in [-0.3, -0.25) is 4.99 Å². The predicted octanol–water partition coefficient (Wildman–Crippen LogP) is 3.48. The van der Waals surface area contributed by atoms with E-state index in [1.807, 2.05) is 13.0 Å². The average Bonchev–Trinajstić information content (AvgIpc) is 2.89. The molecule has 0 atom stereocenters. The molecule has 1 aromatic heterocycles. The van der Waals surface area contributed by atoms with Crippen LogP contribution in [0.15, 0.2) is 41.4 Å². The molecule has 0 amide bonds. The Hall–Kier alpha value is -1.57. The Morgan fingerprint density at radius 2 is 2.00 bits per heavy atom. The Balaban J connectivity index is 0.00000288. The number of aromatic nitrogens is 2. The number of nitrogens with one attached hydrogen (secondary N) is 2. The Kier molecular flexibility index (Phi) is 9.44. The molecule has 1 heterocycles. The standard InChI is InChI=1S/C18H27N5.HI/c1-4-5-8-12-20-18(19-3)21-13-9-14-23-15(2)22-16-10-6-7-11-17(16)23;/h4-7,10-11H,8-9,12-14H2,1-3H3,(H2,19,20,21);1H. The van der Waals surface area contributed by atoms with Crippen molar-refractivity contribution in [2.75, 3.05) is 20.1 Å². The number of para-hydroxylation sites is 2. The summed E-state index contributed by atoms with van der Waals surface area (Å²) in [5, 5.41) is 6.66. The summed E-state index contributed by atoms with van der Waals surface area (Å²) in [5.74, 6) is 1.93. The number of aryl methyl sites for hydroxylation is 2. The van der Waals surface area contributed by atoms with Crippen LogP contribution in [0.1, 0.15) is 25.6 Å². The first-order chi connectivity index (χ1) is 11.3. The van der Waals surface area contributed by atoms with Crippen LogP contribution >= 0.6 is 24.0 Å². The maximum absolute atomic E-state index is 4.60. The lowest BCUT2D eigenvalue weighted by Gasteiger charge is -2.12. The van der Waals surface area contributed by atoms with Crippen LogP contribution in [-0.4, -0.2) is 35.6 Å². The van der Waals surface area contributed by atoms with E-state index in [1.165, 1.54) is 5.52 Å². The molecule has 0 spiro atoms. The van der Waals surface area contributed by atoms with Gasteiger partial charge in [0.25, 0.3) is 0 Å². The first-order valence-corrected chi connectivity index (χ1v) is 8.23. The first kappa shape index (κ1) is 20.5. The van der Waals surface area contributed by atoms with Gasteiger partial charge in [0.15, 0.2) is 5.96 Å². The summed E-state index contributed by atoms with van der Waals surface area (Å²) < 4.78 is 2.28. The Morgan fingerprint density at radius 3 is 2.75 bits per heavy atom. The van der Waals surface area contributed by atoms with Gasteiger partial charge in [-0.25, -0.2) is 4.98 Å². The van der Waals surface area contributed by atoms with Crippen molar-refractivity contribution in [3.05, 3.63) is 42.2 Å². The van der Waals surface area contributed by atoms with Gasteiger partial charge in [-0.2, -0.15) is 0 Å². The van der Waals surface area contributed by atoms with Gasteiger partial charge in [0.1, 0.15) is 5.82 Å². The van der Waals surface area contributed by atoms with Gasteiger partial charge in [0.05, 0.1) is 11.0 Å². The highest BCUT2D eigenvalue weighted by atomic mass is 127. The minimum Gasteiger partial charge on any atom is -0.356 e. The number of allylic oxidation sites excluding steroid dienone is 1. The Morgan fingerprint density at radius 1 is 1.25 bits per heavy atom. The summed E-state index contributed by atoms with van der Waals surface area (Å²) in [7, 11) is 1.80. The van der Waals surface area contributed by atoms with Crippen LogP contribution in [0.3, 0.4) is 0 Å². The fourth-order valence-corrected chi connectivity index (χ4v) is 2.58. The number of fused-ring (bicyclic) bond motifs is 1. The highest BCUT2D eigenvalue weighted by Gasteiger charge is 2.05. The summed E-state index contributed by atoms with van der Waals surface area (Å²) in [6.45, 7) is 6.84. The maximum Gasteiger partial charge on any atom is 0.190 e. The SMILES string of the molecule is CC=CCCNC(=NC)NCCCn1c(C)nc2ccccc21.I. The van der Waals surface area contributed by atoms with E-state index in [0.717, 1.165) is 49.8 Å². The van der Waals surface area contributed by atoms with Crippen molar-refractivity contribution in [3.63, 3.8) is 0 Å². The molecule has 0 saturated heterocycles. The van der Waals surface area contributed by atoms with Crippen molar-refractivity contribution in [2.24, 2.45) is 4.99 Å². The average molecular weight is 441 g/mol. The number of halogens is 1. The number of hydrogen-bond donors (Lipinski definition) is 2. The molecule has 2 N–H and O–H groups in total. The number of rotatable bonds is 7. The molecule has 5 nitrogen and oxygen atoms in total. The summed E-state index contributed by atoms with van der Waals surface area (Å²) in [5.41, 5.74) is 2.28. The van der Waals surface area contributed by atoms with Crippen LogP contribution in [0.2, 0.25) is 0 Å². The maximum atomic E-state index is 4.60. The second kappa shape index (κ2) is 11.1. The van der Waals surface area contributed by atoms with Gasteiger partial charge in [-0.15, -0.1) is 24.0 Å². The molecule has 24 heavy (non-hydrogen) atoms. The van der Waals surface area contributed by atoms with E-state index in [-0.39, 0.29) is 24.0 Å². The molecule has 0 aliphatic rings. The van der Waals surface area contributed by atoms with Crippen molar-refractivity contribution < 1.29 is 0 Å². The van der Waals surface area contributed by atoms with Gasteiger partial charge in [-0.05, 0) is 38.8 Å². The normalized spacial score (nSPS) is 11.7. The Labute approximate surface area is 161 Å². The molecule has 0 unspecified atom stereocenters. The van der Waals surface area contributed by atoms with Crippen molar-refractivity contribution in [1.29, 1.82) is 0 Å². The lowest BCUT2D eigenvalue weighted by molar-refractivity contribution is 0.624. The van der Waals surface area contributed by atoms with E-state index < -0.39 is 0 Å². The molecule has 1 aromatic carbocycles. The molecule has 0 radical (unpaired) electrons. The lowest BCUT2D eigenvalue weighted by Crippen LogP contribution is -2.38. The molecule has 6 heteroatoms. The van der Waals surface area contributed by atoms with Crippen molar-refractivity contribution in [1.82, 2.24) is 20.2 Å². The highest BCUT2D eigenvalue weighted by molar-refractivity contribution is 14.0. The van der Waals surface area contributed by atoms with E-state index in [1.54, 1.807) is 7.05 Å². The number of hydrogen-bond acceptors (Lipinski definition) is 2. The summed E-state index contributed by atoms with van der Waals surface area (Å²) in [6, 6.07) is 8.29. The molecular weight excluding hydrogens is 413 g/mol. The molecule has 0 bridgehead atoms. The van der Waals surface area contributed by atoms with Crippen LogP contribution in [0.5, 0.6) is 0 Å². The van der Waals surface area contributed by atoms with E-state index in [9.17, 15) is 0 Å². The second-order valence-corrected chi connectivity index (χ2v) is 5.44. The molecular formula is C18H28IN5. The third-order valence-corrected chi connectivity index (χ3v) is 3.76. The zero-order valence-corrected chi connectivity index (χ0v) is 17.1. The quantitative estimate of drug-likeness (QED) is 0.228. The van der Waals surface area contributed by atoms with Gasteiger partial charge in [0.2, 0.25) is 0 Å². The monoisotopic (exact) mass is 441 g/mol. The molecule has 2 rings (SSSR count). The first-order valence-electron chi connectivity index (χ1n) is 8.23. The van der Waals surface area contributed by atoms with Crippen molar-refractivity contribution >= 4 is 41.0 Å². The van der Waals surface area contributed by atoms with Gasteiger partial charge >= 0.3 is 0 Å². The zero-order valence-electron chi connectivity index (χ0n) is 14.7. The van der Waals surface area contributed by atoms with E-state index >= 15 is 0 Å². The fourth-order valence-electron chi connectivity index (χ4n) is 2.58. The number of guanidine groups is 1. The van der Waals surface area contributed by atoms with Crippen LogP contribution in [0.25, 0.3) is 11.0 Å². The van der Waals surface area contributed by atoms with Crippen LogP contribution < -0.4 is 10.6 Å². The number of nitrogens with zero attached hydrogens (tertiary/aromatic N) is 3. The van der Waals surface area contributed by atoms with Crippen LogP contribution in [-0.2, 0) is 6.54 Å². The lowest BCUT2D eigenvalue weighted by atomic mass is 10.3. The van der Waals surface area contributed by atoms with E-state index in [0.29, 0.717) is 0 Å². The molecule has 2 aromatic rings. The fraction of sp³-hybridized carbons (Fsp3) is 0.444.